The predicted octanol–water partition coefficient (Wildman–Crippen LogP) is 1.66. The van der Waals surface area contributed by atoms with Gasteiger partial charge in [0.25, 0.3) is 11.4 Å². The molecule has 12 nitrogen and oxygen atoms in total. The van der Waals surface area contributed by atoms with Crippen LogP contribution in [0.2, 0.25) is 0 Å². The number of aromatic amines is 1. The molecule has 36 heavy (non-hydrogen) atoms. The minimum Gasteiger partial charge on any atom is -0.459 e. The Morgan fingerprint density at radius 2 is 1.89 bits per heavy atom. The van der Waals surface area contributed by atoms with Gasteiger partial charge < -0.3 is 19.5 Å². The van der Waals surface area contributed by atoms with Gasteiger partial charge in [0.15, 0.2) is 11.4 Å². The summed E-state index contributed by atoms with van der Waals surface area (Å²) in [5.41, 5.74) is 5.42. The lowest BCUT2D eigenvalue weighted by atomic mass is 10.1. The number of nitrogens with two attached hydrogens (primary N) is 1. The van der Waals surface area contributed by atoms with E-state index in [0.29, 0.717) is 6.42 Å². The Labute approximate surface area is 204 Å². The molecule has 12 heteroatoms. The fourth-order valence-corrected chi connectivity index (χ4v) is 3.63. The number of rotatable bonds is 9. The topological polar surface area (TPSA) is 162 Å². The Morgan fingerprint density at radius 1 is 1.14 bits per heavy atom. The first kappa shape index (κ1) is 24.5. The minimum atomic E-state index is -0.866. The first-order valence-corrected chi connectivity index (χ1v) is 11.3. The van der Waals surface area contributed by atoms with Gasteiger partial charge in [0.2, 0.25) is 5.91 Å². The van der Waals surface area contributed by atoms with Gasteiger partial charge in [-0.1, -0.05) is 44.2 Å². The summed E-state index contributed by atoms with van der Waals surface area (Å²) >= 11 is 0. The molecule has 188 valence electrons. The molecule has 0 saturated carbocycles. The Bertz CT molecular complexity index is 1510. The summed E-state index contributed by atoms with van der Waals surface area (Å²) in [4.78, 5) is 54.6. The maximum absolute atomic E-state index is 13.4. The summed E-state index contributed by atoms with van der Waals surface area (Å²) in [5.74, 6) is -1.32. The molecule has 4 aromatic rings. The SMILES string of the molecule is CC(C)CCN(C(=O)Cn1nc(-c2ccco2)oc1=O)c1c(N)n(Cc2ccccc2)c(=O)[nH]c1=O. The number of nitrogen functional groups attached to an aromatic ring is 1. The van der Waals surface area contributed by atoms with Gasteiger partial charge >= 0.3 is 11.4 Å². The third-order valence-corrected chi connectivity index (χ3v) is 5.52. The maximum atomic E-state index is 13.4. The van der Waals surface area contributed by atoms with Gasteiger partial charge in [-0.3, -0.25) is 19.1 Å². The van der Waals surface area contributed by atoms with Gasteiger partial charge in [-0.05, 0) is 30.0 Å². The highest BCUT2D eigenvalue weighted by molar-refractivity contribution is 5.95. The van der Waals surface area contributed by atoms with Crippen LogP contribution in [0.4, 0.5) is 11.5 Å². The monoisotopic (exact) mass is 494 g/mol. The van der Waals surface area contributed by atoms with Crippen LogP contribution in [0.1, 0.15) is 25.8 Å². The van der Waals surface area contributed by atoms with Crippen LogP contribution in [0.5, 0.6) is 0 Å². The number of hydrogen-bond donors (Lipinski definition) is 2. The average Bonchev–Trinajstić information content (AvgIpc) is 3.49. The second-order valence-electron chi connectivity index (χ2n) is 8.60. The van der Waals surface area contributed by atoms with E-state index >= 15 is 0 Å². The van der Waals surface area contributed by atoms with E-state index in [2.05, 4.69) is 10.1 Å². The fourth-order valence-electron chi connectivity index (χ4n) is 3.63. The molecule has 1 aromatic carbocycles. The third kappa shape index (κ3) is 5.22. The van der Waals surface area contributed by atoms with Crippen molar-refractivity contribution >= 4 is 17.4 Å². The smallest absolute Gasteiger partial charge is 0.437 e. The Morgan fingerprint density at radius 3 is 2.56 bits per heavy atom. The quantitative estimate of drug-likeness (QED) is 0.355. The van der Waals surface area contributed by atoms with Crippen molar-refractivity contribution in [1.29, 1.82) is 0 Å². The third-order valence-electron chi connectivity index (χ3n) is 5.52. The van der Waals surface area contributed by atoms with E-state index in [1.165, 1.54) is 15.7 Å². The summed E-state index contributed by atoms with van der Waals surface area (Å²) in [6.07, 6.45) is 1.93. The van der Waals surface area contributed by atoms with Crippen LogP contribution in [0, 0.1) is 5.92 Å². The first-order valence-electron chi connectivity index (χ1n) is 11.3. The predicted molar refractivity (Wildman–Crippen MR) is 132 cm³/mol. The molecule has 0 aliphatic carbocycles. The second kappa shape index (κ2) is 10.3. The number of nitrogens with zero attached hydrogens (tertiary/aromatic N) is 4. The van der Waals surface area contributed by atoms with Gasteiger partial charge in [0.05, 0.1) is 12.8 Å². The largest absolute Gasteiger partial charge is 0.459 e. The number of anilines is 2. The lowest BCUT2D eigenvalue weighted by molar-refractivity contribution is -0.119. The van der Waals surface area contributed by atoms with E-state index in [1.54, 1.807) is 12.1 Å². The molecular formula is C24H26N6O6. The molecule has 0 saturated heterocycles. The van der Waals surface area contributed by atoms with Crippen LogP contribution in [-0.2, 0) is 17.9 Å². The van der Waals surface area contributed by atoms with Crippen molar-refractivity contribution in [3.05, 3.63) is 85.7 Å². The molecule has 0 bridgehead atoms. The highest BCUT2D eigenvalue weighted by Crippen LogP contribution is 2.20. The van der Waals surface area contributed by atoms with Gasteiger partial charge in [-0.25, -0.2) is 9.59 Å². The van der Waals surface area contributed by atoms with Crippen molar-refractivity contribution in [2.45, 2.75) is 33.4 Å². The highest BCUT2D eigenvalue weighted by Gasteiger charge is 2.26. The van der Waals surface area contributed by atoms with Crippen molar-refractivity contribution in [2.24, 2.45) is 5.92 Å². The van der Waals surface area contributed by atoms with Crippen molar-refractivity contribution in [2.75, 3.05) is 17.2 Å². The molecule has 0 spiro atoms. The number of amides is 1. The van der Waals surface area contributed by atoms with Gasteiger partial charge in [0, 0.05) is 6.54 Å². The normalized spacial score (nSPS) is 11.2. The van der Waals surface area contributed by atoms with E-state index in [-0.39, 0.29) is 42.2 Å². The highest BCUT2D eigenvalue weighted by atomic mass is 16.4. The van der Waals surface area contributed by atoms with Crippen molar-refractivity contribution < 1.29 is 13.6 Å². The molecule has 0 unspecified atom stereocenters. The molecule has 1 amide bonds. The second-order valence-corrected chi connectivity index (χ2v) is 8.60. The number of carbonyl (C=O) groups is 1. The van der Waals surface area contributed by atoms with Crippen LogP contribution in [0.15, 0.2) is 71.9 Å². The number of carbonyl (C=O) groups excluding carboxylic acids is 1. The number of H-pyrrole nitrogens is 1. The van der Waals surface area contributed by atoms with Crippen LogP contribution in [0.25, 0.3) is 11.7 Å². The first-order chi connectivity index (χ1) is 17.2. The Kier molecular flexibility index (Phi) is 7.04. The van der Waals surface area contributed by atoms with E-state index < -0.39 is 29.5 Å². The average molecular weight is 495 g/mol. The molecule has 3 aromatic heterocycles. The summed E-state index contributed by atoms with van der Waals surface area (Å²) in [5, 5.41) is 4.02. The van der Waals surface area contributed by atoms with Gasteiger partial charge in [0.1, 0.15) is 12.4 Å². The van der Waals surface area contributed by atoms with E-state index in [0.717, 1.165) is 10.2 Å². The van der Waals surface area contributed by atoms with Gasteiger partial charge in [-0.2, -0.15) is 4.68 Å². The molecule has 3 N–H and O–H groups in total. The standard InChI is InChI=1S/C24H26N6O6/c1-15(2)10-11-28(18(31)14-30-24(34)36-22(27-30)17-9-6-12-35-17)19-20(25)29(23(33)26-21(19)32)13-16-7-4-3-5-8-16/h3-9,12,15H,10-11,13-14,25H2,1-2H3,(H,26,32,33). The van der Waals surface area contributed by atoms with E-state index in [4.69, 9.17) is 14.6 Å². The maximum Gasteiger partial charge on any atom is 0.437 e. The Hall–Kier alpha value is -4.61. The molecular weight excluding hydrogens is 468 g/mol. The number of nitrogens with one attached hydrogen (secondary N) is 1. The van der Waals surface area contributed by atoms with E-state index in [1.807, 2.05) is 44.2 Å². The zero-order valence-electron chi connectivity index (χ0n) is 19.8. The van der Waals surface area contributed by atoms with Crippen LogP contribution < -0.4 is 27.6 Å². The summed E-state index contributed by atoms with van der Waals surface area (Å²) in [6.45, 7) is 3.63. The van der Waals surface area contributed by atoms with Crippen molar-refractivity contribution in [3.63, 3.8) is 0 Å². The number of hydrogen-bond acceptors (Lipinski definition) is 8. The van der Waals surface area contributed by atoms with Crippen molar-refractivity contribution in [1.82, 2.24) is 19.3 Å². The van der Waals surface area contributed by atoms with Crippen LogP contribution >= 0.6 is 0 Å². The zero-order chi connectivity index (χ0) is 25.8. The lowest BCUT2D eigenvalue weighted by Gasteiger charge is -2.25. The Balaban J connectivity index is 1.71. The van der Waals surface area contributed by atoms with Crippen LogP contribution in [0.3, 0.4) is 0 Å². The summed E-state index contributed by atoms with van der Waals surface area (Å²) < 4.78 is 12.3. The lowest BCUT2D eigenvalue weighted by Crippen LogP contribution is -2.44. The molecule has 0 atom stereocenters. The van der Waals surface area contributed by atoms with E-state index in [9.17, 15) is 19.2 Å². The zero-order valence-corrected chi connectivity index (χ0v) is 19.8. The molecule has 0 fully saturated rings. The molecule has 0 aliphatic heterocycles. The molecule has 3 heterocycles. The number of aromatic nitrogens is 4. The molecule has 0 radical (unpaired) electrons. The molecule has 0 aliphatic rings. The van der Waals surface area contributed by atoms with Crippen LogP contribution in [-0.4, -0.2) is 31.8 Å². The molecule has 4 rings (SSSR count). The minimum absolute atomic E-state index is 0.0831. The number of benzene rings is 1. The fraction of sp³-hybridized carbons (Fsp3) is 0.292. The van der Waals surface area contributed by atoms with Crippen molar-refractivity contribution in [3.8, 4) is 11.7 Å². The summed E-state index contributed by atoms with van der Waals surface area (Å²) in [7, 11) is 0. The number of furan rings is 1. The summed E-state index contributed by atoms with van der Waals surface area (Å²) in [6, 6.07) is 12.2. The van der Waals surface area contributed by atoms with Gasteiger partial charge in [-0.15, -0.1) is 5.10 Å².